The van der Waals surface area contributed by atoms with E-state index in [0.717, 1.165) is 26.3 Å². The van der Waals surface area contributed by atoms with Crippen LogP contribution in [-0.2, 0) is 9.53 Å². The van der Waals surface area contributed by atoms with Crippen molar-refractivity contribution in [3.8, 4) is 0 Å². The quantitative estimate of drug-likeness (QED) is 0.719. The number of nitrogens with one attached hydrogen (secondary N) is 1. The molecule has 0 aromatic heterocycles. The topological polar surface area (TPSA) is 58.6 Å². The number of carbonyl (C=O) groups is 2. The molecule has 1 unspecified atom stereocenters. The third-order valence-corrected chi connectivity index (χ3v) is 4.79. The lowest BCUT2D eigenvalue weighted by Crippen LogP contribution is -2.51. The molecular formula is C19H27ClN2O3. The predicted molar refractivity (Wildman–Crippen MR) is 99.0 cm³/mol. The van der Waals surface area contributed by atoms with Crippen LogP contribution in [0.2, 0.25) is 5.02 Å². The van der Waals surface area contributed by atoms with Gasteiger partial charge in [0.2, 0.25) is 5.91 Å². The summed E-state index contributed by atoms with van der Waals surface area (Å²) in [6.45, 7) is 8.21. The van der Waals surface area contributed by atoms with Gasteiger partial charge in [0.05, 0.1) is 13.2 Å². The fourth-order valence-electron chi connectivity index (χ4n) is 3.01. The van der Waals surface area contributed by atoms with E-state index >= 15 is 0 Å². The molecule has 2 rings (SSSR count). The molecule has 1 atom stereocenters. The predicted octanol–water partition coefficient (Wildman–Crippen LogP) is 2.78. The number of amides is 1. The number of rotatable bonds is 8. The summed E-state index contributed by atoms with van der Waals surface area (Å²) < 4.78 is 5.39. The Morgan fingerprint density at radius 1 is 1.16 bits per heavy atom. The number of ketones is 1. The standard InChI is InChI=1S/C19H27ClN2O3/c1-14(2)17(22-9-11-25-12-10-22)13-21-19(24)8-7-18(23)15-3-5-16(20)6-4-15/h3-6,14,17H,7-13H2,1-2H3,(H,21,24). The number of Topliss-reactive ketones (excluding diaryl/α,β-unsaturated/α-hetero) is 1. The van der Waals surface area contributed by atoms with Crippen LogP contribution in [0.25, 0.3) is 0 Å². The molecule has 1 saturated heterocycles. The Bertz CT molecular complexity index is 569. The Hall–Kier alpha value is -1.43. The van der Waals surface area contributed by atoms with Crippen LogP contribution in [0, 0.1) is 5.92 Å². The average molecular weight is 367 g/mol. The van der Waals surface area contributed by atoms with Crippen molar-refractivity contribution in [2.45, 2.75) is 32.7 Å². The second-order valence-corrected chi connectivity index (χ2v) is 7.13. The fraction of sp³-hybridized carbons (Fsp3) is 0.579. The van der Waals surface area contributed by atoms with Crippen molar-refractivity contribution in [3.63, 3.8) is 0 Å². The molecule has 1 aromatic carbocycles. The minimum absolute atomic E-state index is 0.0413. The lowest BCUT2D eigenvalue weighted by Gasteiger charge is -2.36. The number of ether oxygens (including phenoxy) is 1. The lowest BCUT2D eigenvalue weighted by molar-refractivity contribution is -0.121. The molecule has 5 nitrogen and oxygen atoms in total. The summed E-state index contributed by atoms with van der Waals surface area (Å²) in [4.78, 5) is 26.6. The van der Waals surface area contributed by atoms with Crippen molar-refractivity contribution in [2.24, 2.45) is 5.92 Å². The minimum atomic E-state index is -0.0822. The second-order valence-electron chi connectivity index (χ2n) is 6.69. The maximum Gasteiger partial charge on any atom is 0.220 e. The molecule has 0 spiro atoms. The molecule has 1 aliphatic rings. The van der Waals surface area contributed by atoms with Crippen LogP contribution in [-0.4, -0.2) is 55.5 Å². The molecule has 0 radical (unpaired) electrons. The Morgan fingerprint density at radius 2 is 1.80 bits per heavy atom. The van der Waals surface area contributed by atoms with Gasteiger partial charge in [-0.05, 0) is 30.2 Å². The molecule has 6 heteroatoms. The number of hydrogen-bond donors (Lipinski definition) is 1. The molecule has 0 bridgehead atoms. The van der Waals surface area contributed by atoms with Gasteiger partial charge in [0.15, 0.2) is 5.78 Å². The molecule has 1 amide bonds. The van der Waals surface area contributed by atoms with Crippen LogP contribution in [0.4, 0.5) is 0 Å². The largest absolute Gasteiger partial charge is 0.379 e. The third-order valence-electron chi connectivity index (χ3n) is 4.54. The highest BCUT2D eigenvalue weighted by Crippen LogP contribution is 2.13. The normalized spacial score (nSPS) is 16.6. The van der Waals surface area contributed by atoms with E-state index in [1.165, 1.54) is 0 Å². The molecule has 0 aliphatic carbocycles. The van der Waals surface area contributed by atoms with E-state index in [9.17, 15) is 9.59 Å². The molecule has 1 aromatic rings. The first-order valence-corrected chi connectivity index (χ1v) is 9.22. The maximum absolute atomic E-state index is 12.1. The van der Waals surface area contributed by atoms with Crippen molar-refractivity contribution in [3.05, 3.63) is 34.9 Å². The van der Waals surface area contributed by atoms with Crippen LogP contribution in [0.3, 0.4) is 0 Å². The van der Waals surface area contributed by atoms with Crippen molar-refractivity contribution >= 4 is 23.3 Å². The van der Waals surface area contributed by atoms with Gasteiger partial charge in [-0.15, -0.1) is 0 Å². The van der Waals surface area contributed by atoms with E-state index in [-0.39, 0.29) is 24.5 Å². The number of hydrogen-bond acceptors (Lipinski definition) is 4. The SMILES string of the molecule is CC(C)C(CNC(=O)CCC(=O)c1ccc(Cl)cc1)N1CCOCC1. The summed E-state index contributed by atoms with van der Waals surface area (Å²) in [5.74, 6) is 0.315. The second kappa shape index (κ2) is 9.90. The molecule has 1 heterocycles. The van der Waals surface area contributed by atoms with Crippen LogP contribution in [0.1, 0.15) is 37.0 Å². The highest BCUT2D eigenvalue weighted by Gasteiger charge is 2.24. The first kappa shape index (κ1) is 19.9. The first-order valence-electron chi connectivity index (χ1n) is 8.84. The molecule has 1 fully saturated rings. The van der Waals surface area contributed by atoms with Gasteiger partial charge in [-0.2, -0.15) is 0 Å². The summed E-state index contributed by atoms with van der Waals surface area (Å²) in [5.41, 5.74) is 0.588. The van der Waals surface area contributed by atoms with Crippen molar-refractivity contribution in [1.29, 1.82) is 0 Å². The Balaban J connectivity index is 1.76. The summed E-state index contributed by atoms with van der Waals surface area (Å²) in [5, 5.41) is 3.58. The molecule has 138 valence electrons. The zero-order valence-electron chi connectivity index (χ0n) is 15.0. The van der Waals surface area contributed by atoms with Crippen molar-refractivity contribution < 1.29 is 14.3 Å². The van der Waals surface area contributed by atoms with Gasteiger partial charge in [0.1, 0.15) is 0 Å². The van der Waals surface area contributed by atoms with E-state index < -0.39 is 0 Å². The van der Waals surface area contributed by atoms with E-state index in [1.54, 1.807) is 24.3 Å². The van der Waals surface area contributed by atoms with Crippen molar-refractivity contribution in [2.75, 3.05) is 32.8 Å². The van der Waals surface area contributed by atoms with Crippen LogP contribution < -0.4 is 5.32 Å². The molecular weight excluding hydrogens is 340 g/mol. The Kier molecular flexibility index (Phi) is 7.88. The first-order chi connectivity index (χ1) is 12.0. The Morgan fingerprint density at radius 3 is 2.40 bits per heavy atom. The Labute approximate surface area is 154 Å². The minimum Gasteiger partial charge on any atom is -0.379 e. The van der Waals surface area contributed by atoms with Crippen LogP contribution in [0.15, 0.2) is 24.3 Å². The van der Waals surface area contributed by atoms with Crippen LogP contribution >= 0.6 is 11.6 Å². The van der Waals surface area contributed by atoms with Gasteiger partial charge in [0.25, 0.3) is 0 Å². The van der Waals surface area contributed by atoms with E-state index in [1.807, 2.05) is 0 Å². The van der Waals surface area contributed by atoms with Gasteiger partial charge in [-0.3, -0.25) is 14.5 Å². The van der Waals surface area contributed by atoms with Crippen molar-refractivity contribution in [1.82, 2.24) is 10.2 Å². The van der Waals surface area contributed by atoms with E-state index in [0.29, 0.717) is 29.1 Å². The van der Waals surface area contributed by atoms with E-state index in [2.05, 4.69) is 24.1 Å². The van der Waals surface area contributed by atoms with Gasteiger partial charge in [-0.25, -0.2) is 0 Å². The smallest absolute Gasteiger partial charge is 0.220 e. The highest BCUT2D eigenvalue weighted by atomic mass is 35.5. The highest BCUT2D eigenvalue weighted by molar-refractivity contribution is 6.30. The summed E-state index contributed by atoms with van der Waals surface area (Å²) in [6.07, 6.45) is 0.409. The molecule has 1 aliphatic heterocycles. The lowest BCUT2D eigenvalue weighted by atomic mass is 10.0. The van der Waals surface area contributed by atoms with Gasteiger partial charge >= 0.3 is 0 Å². The fourth-order valence-corrected chi connectivity index (χ4v) is 3.14. The van der Waals surface area contributed by atoms with Crippen LogP contribution in [0.5, 0.6) is 0 Å². The van der Waals surface area contributed by atoms with Gasteiger partial charge < -0.3 is 10.1 Å². The molecule has 0 saturated carbocycles. The summed E-state index contributed by atoms with van der Waals surface area (Å²) in [7, 11) is 0. The van der Waals surface area contributed by atoms with Gasteiger partial charge in [0, 0.05) is 49.1 Å². The summed E-state index contributed by atoms with van der Waals surface area (Å²) >= 11 is 5.82. The zero-order chi connectivity index (χ0) is 18.2. The van der Waals surface area contributed by atoms with Gasteiger partial charge in [-0.1, -0.05) is 25.4 Å². The number of morpholine rings is 1. The maximum atomic E-state index is 12.1. The average Bonchev–Trinajstić information content (AvgIpc) is 2.61. The monoisotopic (exact) mass is 366 g/mol. The molecule has 1 N–H and O–H groups in total. The number of nitrogens with zero attached hydrogens (tertiary/aromatic N) is 1. The number of carbonyl (C=O) groups excluding carboxylic acids is 2. The zero-order valence-corrected chi connectivity index (χ0v) is 15.7. The third kappa shape index (κ3) is 6.42. The molecule has 25 heavy (non-hydrogen) atoms. The van der Waals surface area contributed by atoms with E-state index in [4.69, 9.17) is 16.3 Å². The summed E-state index contributed by atoms with van der Waals surface area (Å²) in [6, 6.07) is 7.04. The number of benzene rings is 1. The number of halogens is 1.